The summed E-state index contributed by atoms with van der Waals surface area (Å²) in [4.78, 5) is 10.4. The number of fused-ring (bicyclic) bond motifs is 1. The van der Waals surface area contributed by atoms with E-state index in [1.807, 2.05) is 6.07 Å². The maximum atomic E-state index is 12.9. The van der Waals surface area contributed by atoms with Gasteiger partial charge in [-0.3, -0.25) is 4.79 Å². The van der Waals surface area contributed by atoms with Crippen LogP contribution in [-0.2, 0) is 17.6 Å². The summed E-state index contributed by atoms with van der Waals surface area (Å²) in [5.41, 5.74) is 2.22. The van der Waals surface area contributed by atoms with Crippen LogP contribution in [0, 0.1) is 11.7 Å². The molecule has 2 rings (SSSR count). The van der Waals surface area contributed by atoms with E-state index in [1.54, 1.807) is 6.07 Å². The predicted molar refractivity (Wildman–Crippen MR) is 54.2 cm³/mol. The summed E-state index contributed by atoms with van der Waals surface area (Å²) in [5, 5.41) is 8.57. The van der Waals surface area contributed by atoms with Crippen molar-refractivity contribution in [3.05, 3.63) is 35.1 Å². The van der Waals surface area contributed by atoms with Gasteiger partial charge in [0.1, 0.15) is 5.82 Å². The molecule has 0 saturated carbocycles. The SMILES string of the molecule is O=C(O)CCC1Cc2ccc(F)cc2C1. The van der Waals surface area contributed by atoms with Crippen LogP contribution in [0.15, 0.2) is 18.2 Å². The number of carboxylic acid groups (broad SMARTS) is 1. The fourth-order valence-electron chi connectivity index (χ4n) is 2.21. The molecule has 2 nitrogen and oxygen atoms in total. The molecule has 1 unspecified atom stereocenters. The summed E-state index contributed by atoms with van der Waals surface area (Å²) in [6.07, 6.45) is 2.61. The lowest BCUT2D eigenvalue weighted by molar-refractivity contribution is -0.137. The normalized spacial score (nSPS) is 18.9. The summed E-state index contributed by atoms with van der Waals surface area (Å²) in [6, 6.07) is 4.85. The molecule has 0 heterocycles. The lowest BCUT2D eigenvalue weighted by Gasteiger charge is -2.05. The van der Waals surface area contributed by atoms with Crippen molar-refractivity contribution in [2.75, 3.05) is 0 Å². The molecular formula is C12H13FO2. The van der Waals surface area contributed by atoms with Crippen LogP contribution in [0.5, 0.6) is 0 Å². The number of carboxylic acids is 1. The third-order valence-electron chi connectivity index (χ3n) is 2.95. The van der Waals surface area contributed by atoms with Gasteiger partial charge in [-0.25, -0.2) is 4.39 Å². The Morgan fingerprint density at radius 2 is 2.13 bits per heavy atom. The summed E-state index contributed by atoms with van der Waals surface area (Å²) < 4.78 is 12.9. The molecule has 0 aromatic heterocycles. The van der Waals surface area contributed by atoms with Crippen molar-refractivity contribution in [2.45, 2.75) is 25.7 Å². The van der Waals surface area contributed by atoms with Gasteiger partial charge in [0, 0.05) is 6.42 Å². The van der Waals surface area contributed by atoms with Gasteiger partial charge in [-0.15, -0.1) is 0 Å². The highest BCUT2D eigenvalue weighted by Crippen LogP contribution is 2.29. The number of rotatable bonds is 3. The van der Waals surface area contributed by atoms with E-state index < -0.39 is 5.97 Å². The second-order valence-electron chi connectivity index (χ2n) is 4.12. The van der Waals surface area contributed by atoms with Crippen LogP contribution in [0.4, 0.5) is 4.39 Å². The van der Waals surface area contributed by atoms with E-state index in [4.69, 9.17) is 5.11 Å². The molecule has 80 valence electrons. The molecule has 0 bridgehead atoms. The van der Waals surface area contributed by atoms with Gasteiger partial charge in [-0.05, 0) is 48.4 Å². The summed E-state index contributed by atoms with van der Waals surface area (Å²) in [7, 11) is 0. The van der Waals surface area contributed by atoms with E-state index in [2.05, 4.69) is 0 Å². The minimum Gasteiger partial charge on any atom is -0.481 e. The van der Waals surface area contributed by atoms with Crippen molar-refractivity contribution in [1.29, 1.82) is 0 Å². The van der Waals surface area contributed by atoms with Gasteiger partial charge in [0.15, 0.2) is 0 Å². The second kappa shape index (κ2) is 4.01. The smallest absolute Gasteiger partial charge is 0.303 e. The zero-order valence-corrected chi connectivity index (χ0v) is 8.37. The summed E-state index contributed by atoms with van der Waals surface area (Å²) in [6.45, 7) is 0. The zero-order valence-electron chi connectivity index (χ0n) is 8.37. The first-order chi connectivity index (χ1) is 7.15. The molecular weight excluding hydrogens is 195 g/mol. The predicted octanol–water partition coefficient (Wildman–Crippen LogP) is 2.41. The summed E-state index contributed by atoms with van der Waals surface area (Å²) >= 11 is 0. The highest BCUT2D eigenvalue weighted by atomic mass is 19.1. The molecule has 1 aromatic rings. The van der Waals surface area contributed by atoms with Crippen molar-refractivity contribution in [3.63, 3.8) is 0 Å². The van der Waals surface area contributed by atoms with Gasteiger partial charge in [-0.1, -0.05) is 6.07 Å². The first-order valence-electron chi connectivity index (χ1n) is 5.14. The molecule has 1 aliphatic rings. The molecule has 1 atom stereocenters. The van der Waals surface area contributed by atoms with Crippen LogP contribution in [-0.4, -0.2) is 11.1 Å². The third-order valence-corrected chi connectivity index (χ3v) is 2.95. The summed E-state index contributed by atoms with van der Waals surface area (Å²) in [5.74, 6) is -0.581. The van der Waals surface area contributed by atoms with Gasteiger partial charge in [0.2, 0.25) is 0 Å². The fraction of sp³-hybridized carbons (Fsp3) is 0.417. The van der Waals surface area contributed by atoms with Crippen LogP contribution in [0.2, 0.25) is 0 Å². The zero-order chi connectivity index (χ0) is 10.8. The highest BCUT2D eigenvalue weighted by Gasteiger charge is 2.22. The molecule has 0 fully saturated rings. The monoisotopic (exact) mass is 208 g/mol. The average molecular weight is 208 g/mol. The fourth-order valence-corrected chi connectivity index (χ4v) is 2.21. The lowest BCUT2D eigenvalue weighted by atomic mass is 10.0. The molecule has 0 radical (unpaired) electrons. The van der Waals surface area contributed by atoms with Crippen LogP contribution >= 0.6 is 0 Å². The molecule has 1 aromatic carbocycles. The minimum atomic E-state index is -0.753. The Morgan fingerprint density at radius 3 is 2.87 bits per heavy atom. The topological polar surface area (TPSA) is 37.3 Å². The molecule has 3 heteroatoms. The quantitative estimate of drug-likeness (QED) is 0.828. The Bertz CT molecular complexity index is 387. The number of hydrogen-bond donors (Lipinski definition) is 1. The average Bonchev–Trinajstić information content (AvgIpc) is 2.56. The largest absolute Gasteiger partial charge is 0.481 e. The Labute approximate surface area is 87.7 Å². The Kier molecular flexibility index (Phi) is 2.71. The van der Waals surface area contributed by atoms with Gasteiger partial charge in [0.25, 0.3) is 0 Å². The van der Waals surface area contributed by atoms with E-state index in [9.17, 15) is 9.18 Å². The molecule has 0 spiro atoms. The van der Waals surface area contributed by atoms with Crippen molar-refractivity contribution in [2.24, 2.45) is 5.92 Å². The van der Waals surface area contributed by atoms with Crippen molar-refractivity contribution < 1.29 is 14.3 Å². The van der Waals surface area contributed by atoms with Crippen LogP contribution in [0.25, 0.3) is 0 Å². The Balaban J connectivity index is 2.00. The second-order valence-corrected chi connectivity index (χ2v) is 4.12. The Hall–Kier alpha value is -1.38. The van der Waals surface area contributed by atoms with Crippen molar-refractivity contribution >= 4 is 5.97 Å². The Morgan fingerprint density at radius 1 is 1.40 bits per heavy atom. The van der Waals surface area contributed by atoms with Crippen LogP contribution in [0.3, 0.4) is 0 Å². The first-order valence-corrected chi connectivity index (χ1v) is 5.14. The number of hydrogen-bond acceptors (Lipinski definition) is 1. The van der Waals surface area contributed by atoms with Gasteiger partial charge in [0.05, 0.1) is 0 Å². The first kappa shape index (κ1) is 10.1. The van der Waals surface area contributed by atoms with E-state index >= 15 is 0 Å². The molecule has 1 aliphatic carbocycles. The van der Waals surface area contributed by atoms with E-state index in [0.29, 0.717) is 12.3 Å². The van der Waals surface area contributed by atoms with E-state index in [0.717, 1.165) is 18.4 Å². The molecule has 0 amide bonds. The highest BCUT2D eigenvalue weighted by molar-refractivity contribution is 5.66. The lowest BCUT2D eigenvalue weighted by Crippen LogP contribution is -2.03. The van der Waals surface area contributed by atoms with Crippen LogP contribution < -0.4 is 0 Å². The maximum Gasteiger partial charge on any atom is 0.303 e. The maximum absolute atomic E-state index is 12.9. The molecule has 0 saturated heterocycles. The third kappa shape index (κ3) is 2.35. The number of benzene rings is 1. The van der Waals surface area contributed by atoms with Gasteiger partial charge < -0.3 is 5.11 Å². The molecule has 1 N–H and O–H groups in total. The molecule has 0 aliphatic heterocycles. The van der Waals surface area contributed by atoms with Crippen molar-refractivity contribution in [1.82, 2.24) is 0 Å². The van der Waals surface area contributed by atoms with Crippen LogP contribution in [0.1, 0.15) is 24.0 Å². The number of carbonyl (C=O) groups is 1. The number of aliphatic carboxylic acids is 1. The van der Waals surface area contributed by atoms with Gasteiger partial charge in [-0.2, -0.15) is 0 Å². The van der Waals surface area contributed by atoms with Crippen molar-refractivity contribution in [3.8, 4) is 0 Å². The van der Waals surface area contributed by atoms with Gasteiger partial charge >= 0.3 is 5.97 Å². The number of halogens is 1. The van der Waals surface area contributed by atoms with E-state index in [-0.39, 0.29) is 12.2 Å². The minimum absolute atomic E-state index is 0.201. The van der Waals surface area contributed by atoms with E-state index in [1.165, 1.54) is 11.6 Å². The molecule has 15 heavy (non-hydrogen) atoms. The standard InChI is InChI=1S/C12H13FO2/c13-11-3-2-9-5-8(1-4-12(14)15)6-10(9)7-11/h2-3,7-8H,1,4-6H2,(H,14,15).